The normalized spacial score (nSPS) is 10.2. The molecule has 4 N–H and O–H groups in total. The largest absolute Gasteiger partial charge is 0.542 e. The van der Waals surface area contributed by atoms with Gasteiger partial charge in [-0.2, -0.15) is 11.2 Å². The van der Waals surface area contributed by atoms with Crippen LogP contribution in [0.3, 0.4) is 0 Å². The van der Waals surface area contributed by atoms with E-state index in [1.807, 2.05) is 0 Å². The van der Waals surface area contributed by atoms with Crippen molar-refractivity contribution in [1.29, 1.82) is 0 Å². The first kappa shape index (κ1) is 19.6. The number of nitrogens with zero attached hydrogens (tertiary/aromatic N) is 2. The topological polar surface area (TPSA) is 127 Å². The van der Waals surface area contributed by atoms with Crippen LogP contribution in [0.25, 0.3) is 11.3 Å². The van der Waals surface area contributed by atoms with Crippen LogP contribution in [-0.4, -0.2) is 20.2 Å². The molecule has 0 aliphatic carbocycles. The second kappa shape index (κ2) is 8.10. The van der Waals surface area contributed by atoms with Crippen LogP contribution in [0.2, 0.25) is 10.0 Å². The molecule has 0 amide bonds. The van der Waals surface area contributed by atoms with E-state index in [4.69, 9.17) is 33.7 Å². The number of rotatable bonds is 3. The molecule has 2 heterocycles. The minimum atomic E-state index is -0.715. The Morgan fingerprint density at radius 2 is 1.88 bits per heavy atom. The molecule has 3 aromatic rings. The Bertz CT molecular complexity index is 997. The predicted octanol–water partition coefficient (Wildman–Crippen LogP) is 2.00. The van der Waals surface area contributed by atoms with Crippen LogP contribution < -0.4 is 21.7 Å². The predicted molar refractivity (Wildman–Crippen MR) is 88.5 cm³/mol. The number of benzene rings is 1. The molecule has 1 aromatic carbocycles. The Labute approximate surface area is 175 Å². The van der Waals surface area contributed by atoms with Gasteiger partial charge in [-0.25, -0.2) is 16.0 Å². The molecule has 125 valence electrons. The van der Waals surface area contributed by atoms with Gasteiger partial charge in [0.1, 0.15) is 5.75 Å². The number of pyridine rings is 1. The van der Waals surface area contributed by atoms with E-state index in [-0.39, 0.29) is 60.0 Å². The van der Waals surface area contributed by atoms with Crippen molar-refractivity contribution >= 4 is 29.0 Å². The van der Waals surface area contributed by atoms with Gasteiger partial charge in [0, 0.05) is 44.1 Å². The smallest absolute Gasteiger partial charge is 0.342 e. The van der Waals surface area contributed by atoms with E-state index in [1.54, 1.807) is 0 Å². The molecule has 0 aliphatic heterocycles. The van der Waals surface area contributed by atoms with Gasteiger partial charge in [0.15, 0.2) is 5.69 Å². The van der Waals surface area contributed by atoms with E-state index in [2.05, 4.69) is 26.2 Å². The van der Waals surface area contributed by atoms with Gasteiger partial charge in [-0.15, -0.1) is 0 Å². The van der Waals surface area contributed by atoms with Gasteiger partial charge in [0.2, 0.25) is 0 Å². The van der Waals surface area contributed by atoms with Gasteiger partial charge >= 0.3 is 5.69 Å². The first-order valence-electron chi connectivity index (χ1n) is 6.43. The second-order valence-corrected chi connectivity index (χ2v) is 5.38. The van der Waals surface area contributed by atoms with Crippen molar-refractivity contribution in [2.75, 3.05) is 5.73 Å². The van der Waals surface area contributed by atoms with Crippen molar-refractivity contribution in [2.45, 2.75) is 0 Å². The Morgan fingerprint density at radius 1 is 1.20 bits per heavy atom. The number of H-pyrrole nitrogens is 2. The molecule has 11 heteroatoms. The van der Waals surface area contributed by atoms with E-state index in [9.17, 15) is 9.59 Å². The number of nitrogen functional groups attached to an aromatic ring is 1. The Balaban J connectivity index is 0.00000225. The number of hydrogen-bond donors (Lipinski definition) is 3. The summed E-state index contributed by atoms with van der Waals surface area (Å²) >= 11 is 12.3. The molecule has 8 nitrogen and oxygen atoms in total. The molecule has 25 heavy (non-hydrogen) atoms. The van der Waals surface area contributed by atoms with E-state index in [0.29, 0.717) is 11.3 Å². The molecule has 1 radical (unpaired) electrons. The van der Waals surface area contributed by atoms with Gasteiger partial charge in [0.05, 0.1) is 10.0 Å². The minimum absolute atomic E-state index is 0. The van der Waals surface area contributed by atoms with Crippen LogP contribution in [0.4, 0.5) is 5.82 Å². The maximum atomic E-state index is 11.8. The van der Waals surface area contributed by atoms with Crippen LogP contribution >= 0.6 is 23.2 Å². The maximum absolute atomic E-state index is 11.8. The number of halogens is 2. The summed E-state index contributed by atoms with van der Waals surface area (Å²) in [4.78, 5) is 28.7. The van der Waals surface area contributed by atoms with Crippen molar-refractivity contribution in [3.8, 4) is 22.8 Å². The molecule has 3 rings (SSSR count). The number of aromatic amines is 2. The number of aromatic nitrogens is 4. The quantitative estimate of drug-likeness (QED) is 0.520. The molecule has 0 atom stereocenters. The van der Waals surface area contributed by atoms with Gasteiger partial charge in [0.25, 0.3) is 5.56 Å². The molecule has 0 saturated heterocycles. The molecule has 0 spiro atoms. The SMILES string of the molecule is Nc1[c-]cc(Oc2c(Cl)cc(-c3n[nH]c(=O)[nH]c3=O)cc2Cl)cn1.[Y]. The zero-order valence-electron chi connectivity index (χ0n) is 12.3. The van der Waals surface area contributed by atoms with Crippen LogP contribution in [0.15, 0.2) is 34.0 Å². The Morgan fingerprint density at radius 3 is 2.44 bits per heavy atom. The van der Waals surface area contributed by atoms with Gasteiger partial charge in [-0.05, 0) is 24.1 Å². The van der Waals surface area contributed by atoms with Crippen LogP contribution in [0.1, 0.15) is 0 Å². The third kappa shape index (κ3) is 4.46. The monoisotopic (exact) mass is 453 g/mol. The van der Waals surface area contributed by atoms with Crippen molar-refractivity contribution in [3.05, 3.63) is 61.3 Å². The minimum Gasteiger partial charge on any atom is -0.542 e. The number of hydrogen-bond acceptors (Lipinski definition) is 6. The number of nitrogens with one attached hydrogen (secondary N) is 2. The van der Waals surface area contributed by atoms with E-state index >= 15 is 0 Å². The first-order chi connectivity index (χ1) is 11.4. The average molecular weight is 454 g/mol. The number of ether oxygens (including phenoxy) is 1. The fourth-order valence-electron chi connectivity index (χ4n) is 1.86. The summed E-state index contributed by atoms with van der Waals surface area (Å²) in [5.74, 6) is 0.724. The molecule has 0 aliphatic rings. The molecule has 0 fully saturated rings. The summed E-state index contributed by atoms with van der Waals surface area (Å²) in [5.41, 5.74) is 4.35. The standard InChI is InChI=1S/C14H8Cl2N5O3.Y/c15-8-3-6(11-13(22)19-14(23)21-20-11)4-9(16)12(8)24-7-1-2-10(17)18-5-7;/h1,3-5H,(H2,17,18)(H2,19,21,22,23);/q-1;. The van der Waals surface area contributed by atoms with E-state index in [0.717, 1.165) is 0 Å². The fraction of sp³-hybridized carbons (Fsp3) is 0. The summed E-state index contributed by atoms with van der Waals surface area (Å²) in [7, 11) is 0. The molecule has 0 saturated carbocycles. The number of nitrogens with two attached hydrogens (primary N) is 1. The maximum Gasteiger partial charge on any atom is 0.342 e. The van der Waals surface area contributed by atoms with Crippen LogP contribution in [0.5, 0.6) is 11.5 Å². The van der Waals surface area contributed by atoms with Gasteiger partial charge in [-0.3, -0.25) is 14.8 Å². The third-order valence-corrected chi connectivity index (χ3v) is 3.46. The van der Waals surface area contributed by atoms with Gasteiger partial charge < -0.3 is 10.5 Å². The molecular weight excluding hydrogens is 446 g/mol. The summed E-state index contributed by atoms with van der Waals surface area (Å²) < 4.78 is 5.56. The van der Waals surface area contributed by atoms with Crippen LogP contribution in [0, 0.1) is 6.07 Å². The Kier molecular flexibility index (Phi) is 6.34. The third-order valence-electron chi connectivity index (χ3n) is 2.90. The Hall–Kier alpha value is -1.74. The molecular formula is C14H8Cl2N5O3Y-. The molecule has 2 aromatic heterocycles. The van der Waals surface area contributed by atoms with Crippen molar-refractivity contribution in [2.24, 2.45) is 0 Å². The van der Waals surface area contributed by atoms with Gasteiger partial charge in [-0.1, -0.05) is 23.2 Å². The zero-order valence-corrected chi connectivity index (χ0v) is 16.7. The summed E-state index contributed by atoms with van der Waals surface area (Å²) in [6.07, 6.45) is 1.39. The summed E-state index contributed by atoms with van der Waals surface area (Å²) in [6, 6.07) is 7.03. The van der Waals surface area contributed by atoms with Crippen molar-refractivity contribution in [1.82, 2.24) is 20.2 Å². The van der Waals surface area contributed by atoms with Crippen molar-refractivity contribution < 1.29 is 37.4 Å². The summed E-state index contributed by atoms with van der Waals surface area (Å²) in [5, 5.41) is 6.10. The average Bonchev–Trinajstić information content (AvgIpc) is 2.52. The fourth-order valence-corrected chi connectivity index (χ4v) is 2.43. The van der Waals surface area contributed by atoms with E-state index < -0.39 is 11.2 Å². The number of anilines is 1. The van der Waals surface area contributed by atoms with Crippen molar-refractivity contribution in [3.63, 3.8) is 0 Å². The second-order valence-electron chi connectivity index (χ2n) is 4.56. The van der Waals surface area contributed by atoms with Crippen LogP contribution in [-0.2, 0) is 32.7 Å². The van der Waals surface area contributed by atoms with E-state index in [1.165, 1.54) is 24.4 Å². The zero-order chi connectivity index (χ0) is 17.3. The molecule has 0 unspecified atom stereocenters. The summed E-state index contributed by atoms with van der Waals surface area (Å²) in [6.45, 7) is 0. The molecule has 0 bridgehead atoms. The first-order valence-corrected chi connectivity index (χ1v) is 7.19.